The van der Waals surface area contributed by atoms with E-state index in [0.717, 1.165) is 11.4 Å². The van der Waals surface area contributed by atoms with Crippen molar-refractivity contribution in [1.29, 1.82) is 0 Å². The molecule has 0 bridgehead atoms. The molecule has 0 saturated carbocycles. The Labute approximate surface area is 123 Å². The smallest absolute Gasteiger partial charge is 0.235 e. The first-order valence-corrected chi connectivity index (χ1v) is 6.76. The van der Waals surface area contributed by atoms with Gasteiger partial charge in [0.15, 0.2) is 0 Å². The van der Waals surface area contributed by atoms with E-state index in [1.165, 1.54) is 0 Å². The zero-order chi connectivity index (χ0) is 14.7. The highest BCUT2D eigenvalue weighted by molar-refractivity contribution is 6.30. The van der Waals surface area contributed by atoms with E-state index >= 15 is 0 Å². The van der Waals surface area contributed by atoms with E-state index < -0.39 is 0 Å². The first kappa shape index (κ1) is 14.7. The lowest BCUT2D eigenvalue weighted by Gasteiger charge is -2.20. The molecule has 0 aliphatic heterocycles. The second kappa shape index (κ2) is 6.13. The van der Waals surface area contributed by atoms with Crippen LogP contribution in [0.5, 0.6) is 5.75 Å². The molecule has 0 spiro atoms. The molecule has 1 aromatic carbocycles. The van der Waals surface area contributed by atoms with Gasteiger partial charge in [-0.05, 0) is 18.2 Å². The molecule has 1 heterocycles. The average Bonchev–Trinajstić information content (AvgIpc) is 2.87. The Bertz CT molecular complexity index is 584. The van der Waals surface area contributed by atoms with Gasteiger partial charge < -0.3 is 14.1 Å². The topological polar surface area (TPSA) is 51.4 Å². The number of halogens is 1. The molecule has 0 fully saturated rings. The molecule has 0 atom stereocenters. The van der Waals surface area contributed by atoms with Gasteiger partial charge in [-0.1, -0.05) is 25.4 Å². The Kier molecular flexibility index (Phi) is 4.49. The third-order valence-corrected chi connectivity index (χ3v) is 3.14. The SMILES string of the molecule is COc1ccc(Cl)cc1N(C)Cc1nnc(C(C)C)o1. The Balaban J connectivity index is 2.18. The molecule has 0 N–H and O–H groups in total. The van der Waals surface area contributed by atoms with Crippen molar-refractivity contribution in [2.45, 2.75) is 26.3 Å². The second-order valence-electron chi connectivity index (χ2n) is 4.86. The van der Waals surface area contributed by atoms with Crippen LogP contribution in [0.25, 0.3) is 0 Å². The Morgan fingerprint density at radius 1 is 1.35 bits per heavy atom. The third kappa shape index (κ3) is 3.22. The molecule has 2 aromatic rings. The van der Waals surface area contributed by atoms with Crippen LogP contribution in [0.2, 0.25) is 5.02 Å². The normalized spacial score (nSPS) is 10.9. The van der Waals surface area contributed by atoms with Gasteiger partial charge in [0.2, 0.25) is 11.8 Å². The summed E-state index contributed by atoms with van der Waals surface area (Å²) < 4.78 is 10.9. The molecule has 1 aromatic heterocycles. The maximum absolute atomic E-state index is 6.03. The molecule has 0 saturated heterocycles. The van der Waals surface area contributed by atoms with Crippen LogP contribution >= 0.6 is 11.6 Å². The summed E-state index contributed by atoms with van der Waals surface area (Å²) in [6, 6.07) is 5.48. The molecular weight excluding hydrogens is 278 g/mol. The van der Waals surface area contributed by atoms with Gasteiger partial charge in [0.1, 0.15) is 5.75 Å². The van der Waals surface area contributed by atoms with Gasteiger partial charge in [-0.2, -0.15) is 0 Å². The summed E-state index contributed by atoms with van der Waals surface area (Å²) >= 11 is 6.03. The maximum Gasteiger partial charge on any atom is 0.235 e. The number of rotatable bonds is 5. The van der Waals surface area contributed by atoms with Crippen molar-refractivity contribution in [3.05, 3.63) is 35.0 Å². The van der Waals surface area contributed by atoms with Gasteiger partial charge in [0, 0.05) is 18.0 Å². The second-order valence-corrected chi connectivity index (χ2v) is 5.30. The van der Waals surface area contributed by atoms with Crippen LogP contribution in [0.4, 0.5) is 5.69 Å². The molecule has 0 radical (unpaired) electrons. The summed E-state index contributed by atoms with van der Waals surface area (Å²) in [6.45, 7) is 4.53. The van der Waals surface area contributed by atoms with E-state index in [0.29, 0.717) is 23.3 Å². The van der Waals surface area contributed by atoms with Gasteiger partial charge >= 0.3 is 0 Å². The fourth-order valence-electron chi connectivity index (χ4n) is 1.81. The van der Waals surface area contributed by atoms with Crippen LogP contribution in [-0.4, -0.2) is 24.4 Å². The average molecular weight is 296 g/mol. The van der Waals surface area contributed by atoms with E-state index in [9.17, 15) is 0 Å². The zero-order valence-electron chi connectivity index (χ0n) is 12.1. The van der Waals surface area contributed by atoms with Crippen molar-refractivity contribution in [2.24, 2.45) is 0 Å². The first-order chi connectivity index (χ1) is 9.51. The molecular formula is C14H18ClN3O2. The molecule has 0 amide bonds. The van der Waals surface area contributed by atoms with Crippen molar-refractivity contribution in [3.8, 4) is 5.75 Å². The van der Waals surface area contributed by atoms with Gasteiger partial charge in [0.05, 0.1) is 19.3 Å². The molecule has 2 rings (SSSR count). The monoisotopic (exact) mass is 295 g/mol. The number of aromatic nitrogens is 2. The minimum atomic E-state index is 0.224. The minimum absolute atomic E-state index is 0.224. The summed E-state index contributed by atoms with van der Waals surface area (Å²) in [5.74, 6) is 2.19. The zero-order valence-corrected chi connectivity index (χ0v) is 12.8. The highest BCUT2D eigenvalue weighted by Gasteiger charge is 2.14. The molecule has 6 heteroatoms. The lowest BCUT2D eigenvalue weighted by Crippen LogP contribution is -2.17. The summed E-state index contributed by atoms with van der Waals surface area (Å²) in [7, 11) is 3.55. The largest absolute Gasteiger partial charge is 0.495 e. The maximum atomic E-state index is 6.03. The van der Waals surface area contributed by atoms with Crippen molar-refractivity contribution in [2.75, 3.05) is 19.1 Å². The van der Waals surface area contributed by atoms with Crippen molar-refractivity contribution >= 4 is 17.3 Å². The number of anilines is 1. The summed E-state index contributed by atoms with van der Waals surface area (Å²) in [5, 5.41) is 8.72. The predicted molar refractivity (Wildman–Crippen MR) is 78.5 cm³/mol. The number of hydrogen-bond donors (Lipinski definition) is 0. The Hall–Kier alpha value is -1.75. The minimum Gasteiger partial charge on any atom is -0.495 e. The summed E-state index contributed by atoms with van der Waals surface area (Å²) in [4.78, 5) is 1.96. The molecule has 5 nitrogen and oxygen atoms in total. The number of ether oxygens (including phenoxy) is 1. The van der Waals surface area contributed by atoms with E-state index in [1.54, 1.807) is 13.2 Å². The van der Waals surface area contributed by atoms with E-state index in [-0.39, 0.29) is 5.92 Å². The van der Waals surface area contributed by atoms with Crippen LogP contribution in [-0.2, 0) is 6.54 Å². The summed E-state index contributed by atoms with van der Waals surface area (Å²) in [6.07, 6.45) is 0. The van der Waals surface area contributed by atoms with E-state index in [1.807, 2.05) is 37.9 Å². The molecule has 0 aliphatic carbocycles. The van der Waals surface area contributed by atoms with Crippen LogP contribution in [0.15, 0.2) is 22.6 Å². The predicted octanol–water partition coefficient (Wildman–Crippen LogP) is 3.49. The number of methoxy groups -OCH3 is 1. The third-order valence-electron chi connectivity index (χ3n) is 2.90. The first-order valence-electron chi connectivity index (χ1n) is 6.38. The van der Waals surface area contributed by atoms with Crippen molar-refractivity contribution in [1.82, 2.24) is 10.2 Å². The fourth-order valence-corrected chi connectivity index (χ4v) is 1.98. The van der Waals surface area contributed by atoms with Crippen LogP contribution in [0, 0.1) is 0 Å². The highest BCUT2D eigenvalue weighted by atomic mass is 35.5. The van der Waals surface area contributed by atoms with Crippen molar-refractivity contribution in [3.63, 3.8) is 0 Å². The molecule has 108 valence electrons. The number of benzene rings is 1. The van der Waals surface area contributed by atoms with E-state index in [2.05, 4.69) is 10.2 Å². The van der Waals surface area contributed by atoms with Crippen LogP contribution in [0.3, 0.4) is 0 Å². The van der Waals surface area contributed by atoms with E-state index in [4.69, 9.17) is 20.8 Å². The van der Waals surface area contributed by atoms with Gasteiger partial charge in [-0.3, -0.25) is 0 Å². The lowest BCUT2D eigenvalue weighted by atomic mass is 10.2. The molecule has 0 aliphatic rings. The number of nitrogens with zero attached hydrogens (tertiary/aromatic N) is 3. The van der Waals surface area contributed by atoms with Crippen LogP contribution < -0.4 is 9.64 Å². The Morgan fingerprint density at radius 3 is 2.70 bits per heavy atom. The summed E-state index contributed by atoms with van der Waals surface area (Å²) in [5.41, 5.74) is 0.879. The standard InChI is InChI=1S/C14H18ClN3O2/c1-9(2)14-17-16-13(20-14)8-18(3)11-7-10(15)5-6-12(11)19-4/h5-7,9H,8H2,1-4H3. The van der Waals surface area contributed by atoms with Gasteiger partial charge in [-0.15, -0.1) is 10.2 Å². The van der Waals surface area contributed by atoms with Gasteiger partial charge in [0.25, 0.3) is 0 Å². The lowest BCUT2D eigenvalue weighted by molar-refractivity contribution is 0.411. The van der Waals surface area contributed by atoms with Crippen molar-refractivity contribution < 1.29 is 9.15 Å². The Morgan fingerprint density at radius 2 is 2.10 bits per heavy atom. The molecule has 0 unspecified atom stereocenters. The van der Waals surface area contributed by atoms with Crippen LogP contribution in [0.1, 0.15) is 31.5 Å². The molecule has 20 heavy (non-hydrogen) atoms. The van der Waals surface area contributed by atoms with Gasteiger partial charge in [-0.25, -0.2) is 0 Å². The highest BCUT2D eigenvalue weighted by Crippen LogP contribution is 2.31. The number of hydrogen-bond acceptors (Lipinski definition) is 5. The fraction of sp³-hybridized carbons (Fsp3) is 0.429. The quantitative estimate of drug-likeness (QED) is 0.845.